The van der Waals surface area contributed by atoms with E-state index in [9.17, 15) is 39.3 Å². The number of aromatic hydroxyl groups is 1. The largest absolute Gasteiger partial charge is 0.507 e. The smallest absolute Gasteiger partial charge is 0.235 e. The summed E-state index contributed by atoms with van der Waals surface area (Å²) < 4.78 is 0. The van der Waals surface area contributed by atoms with Crippen LogP contribution in [0.15, 0.2) is 12.1 Å². The number of nitrogens with two attached hydrogens (primary N) is 1. The predicted octanol–water partition coefficient (Wildman–Crippen LogP) is -0.856. The molecule has 0 bridgehead atoms. The molecular formula is C27H35N3O8. The lowest BCUT2D eigenvalue weighted by molar-refractivity contribution is -0.196. The maximum Gasteiger partial charge on any atom is 0.235 e. The van der Waals surface area contributed by atoms with Crippen molar-refractivity contribution < 1.29 is 39.3 Å². The van der Waals surface area contributed by atoms with Gasteiger partial charge >= 0.3 is 0 Å². The number of benzene rings is 1. The minimum absolute atomic E-state index is 0.0971. The number of likely N-dealkylation sites (N-methyl/N-ethyl adjacent to an activating group) is 1. The van der Waals surface area contributed by atoms with Gasteiger partial charge in [0.15, 0.2) is 34.7 Å². The number of ketones is 4. The molecule has 1 aromatic carbocycles. The fourth-order valence-corrected chi connectivity index (χ4v) is 6.67. The van der Waals surface area contributed by atoms with Crippen LogP contribution in [0.4, 0.5) is 0 Å². The van der Waals surface area contributed by atoms with Gasteiger partial charge in [-0.2, -0.15) is 0 Å². The van der Waals surface area contributed by atoms with E-state index in [-0.39, 0.29) is 17.9 Å². The van der Waals surface area contributed by atoms with Crippen molar-refractivity contribution in [1.82, 2.24) is 10.2 Å². The van der Waals surface area contributed by atoms with Crippen molar-refractivity contribution in [2.75, 3.05) is 20.6 Å². The van der Waals surface area contributed by atoms with Crippen LogP contribution in [-0.4, -0.2) is 87.6 Å². The molecule has 0 aromatic heterocycles. The third kappa shape index (κ3) is 3.83. The van der Waals surface area contributed by atoms with Crippen molar-refractivity contribution in [3.05, 3.63) is 28.8 Å². The van der Waals surface area contributed by atoms with Crippen molar-refractivity contribution >= 4 is 29.0 Å². The van der Waals surface area contributed by atoms with Gasteiger partial charge in [-0.3, -0.25) is 28.9 Å². The summed E-state index contributed by atoms with van der Waals surface area (Å²) in [6, 6.07) is 1.95. The van der Waals surface area contributed by atoms with Gasteiger partial charge in [0.2, 0.25) is 5.91 Å². The van der Waals surface area contributed by atoms with Crippen molar-refractivity contribution in [2.45, 2.75) is 51.0 Å². The Hall–Kier alpha value is -2.99. The Kier molecular flexibility index (Phi) is 7.11. The third-order valence-corrected chi connectivity index (χ3v) is 8.44. The Morgan fingerprint density at radius 1 is 1.16 bits per heavy atom. The predicted molar refractivity (Wildman–Crippen MR) is 134 cm³/mol. The minimum atomic E-state index is -3.00. The second-order valence-corrected chi connectivity index (χ2v) is 11.4. The molecule has 0 spiro atoms. The zero-order valence-corrected chi connectivity index (χ0v) is 22.1. The molecule has 1 amide bonds. The van der Waals surface area contributed by atoms with Crippen LogP contribution in [0.1, 0.15) is 48.2 Å². The van der Waals surface area contributed by atoms with Gasteiger partial charge in [-0.15, -0.1) is 0 Å². The van der Waals surface area contributed by atoms with Gasteiger partial charge in [-0.25, -0.2) is 0 Å². The average molecular weight is 530 g/mol. The number of primary amides is 1. The summed E-state index contributed by atoms with van der Waals surface area (Å²) in [5, 5.41) is 37.5. The molecule has 0 radical (unpaired) electrons. The Morgan fingerprint density at radius 3 is 2.34 bits per heavy atom. The molecule has 0 heterocycles. The maximum atomic E-state index is 13.9. The van der Waals surface area contributed by atoms with Crippen LogP contribution in [0.2, 0.25) is 0 Å². The van der Waals surface area contributed by atoms with E-state index in [0.717, 1.165) is 0 Å². The zero-order chi connectivity index (χ0) is 28.4. The molecule has 38 heavy (non-hydrogen) atoms. The second-order valence-electron chi connectivity index (χ2n) is 11.4. The van der Waals surface area contributed by atoms with Crippen LogP contribution in [0, 0.1) is 29.6 Å². The summed E-state index contributed by atoms with van der Waals surface area (Å²) in [5.74, 6) is -12.8. The molecule has 3 aliphatic rings. The number of carbonyl (C=O) groups is 5. The highest BCUT2D eigenvalue weighted by molar-refractivity contribution is 6.32. The SMILES string of the molecule is CC(C)CNCc1ccc2c(c1O)C(=O)C1C(=O)[C@@]3(O)C(=O)C(C(N)=O)C(=O)[C@H](N(C)C)[C@H]3[C@H](O)[C@H]1[C@@H]2C. The van der Waals surface area contributed by atoms with E-state index in [0.29, 0.717) is 23.6 Å². The number of fused-ring (bicyclic) bond motifs is 3. The molecule has 2 fully saturated rings. The fraction of sp³-hybridized carbons (Fsp3) is 0.593. The monoisotopic (exact) mass is 529 g/mol. The molecule has 11 heteroatoms. The summed E-state index contributed by atoms with van der Waals surface area (Å²) in [5.41, 5.74) is 3.08. The highest BCUT2D eigenvalue weighted by Gasteiger charge is 2.72. The normalized spacial score (nSPS) is 34.8. The van der Waals surface area contributed by atoms with Crippen molar-refractivity contribution in [1.29, 1.82) is 0 Å². The van der Waals surface area contributed by atoms with E-state index in [1.807, 2.05) is 13.8 Å². The molecule has 11 nitrogen and oxygen atoms in total. The van der Waals surface area contributed by atoms with E-state index < -0.39 is 76.4 Å². The Labute approximate surface area is 220 Å². The van der Waals surface area contributed by atoms with Gasteiger partial charge in [-0.1, -0.05) is 32.9 Å². The number of rotatable bonds is 6. The number of nitrogens with one attached hydrogen (secondary N) is 1. The van der Waals surface area contributed by atoms with Crippen LogP contribution in [-0.2, 0) is 25.7 Å². The molecule has 3 aliphatic carbocycles. The Morgan fingerprint density at radius 2 is 1.79 bits per heavy atom. The number of hydrogen-bond acceptors (Lipinski definition) is 10. The number of aliphatic hydroxyl groups is 2. The number of phenols is 1. The van der Waals surface area contributed by atoms with Crippen molar-refractivity contribution in [2.24, 2.45) is 35.3 Å². The Balaban J connectivity index is 1.85. The first kappa shape index (κ1) is 28.0. The summed E-state index contributed by atoms with van der Waals surface area (Å²) in [4.78, 5) is 67.7. The van der Waals surface area contributed by atoms with Crippen LogP contribution in [0.5, 0.6) is 5.75 Å². The van der Waals surface area contributed by atoms with E-state index in [1.54, 1.807) is 19.1 Å². The molecule has 2 saturated carbocycles. The molecule has 6 N–H and O–H groups in total. The fourth-order valence-electron chi connectivity index (χ4n) is 6.67. The topological polar surface area (TPSA) is 187 Å². The third-order valence-electron chi connectivity index (χ3n) is 8.44. The zero-order valence-electron chi connectivity index (χ0n) is 22.1. The van der Waals surface area contributed by atoms with E-state index >= 15 is 0 Å². The van der Waals surface area contributed by atoms with Gasteiger partial charge in [0.25, 0.3) is 0 Å². The number of Topliss-reactive ketones (excluding diaryl/α,β-unsaturated/α-hetero) is 4. The molecule has 0 aliphatic heterocycles. The number of carbonyl (C=O) groups excluding carboxylic acids is 5. The minimum Gasteiger partial charge on any atom is -0.507 e. The molecule has 206 valence electrons. The van der Waals surface area contributed by atoms with Crippen molar-refractivity contribution in [3.8, 4) is 5.75 Å². The lowest BCUT2D eigenvalue weighted by Crippen LogP contribution is -2.77. The van der Waals surface area contributed by atoms with Crippen LogP contribution in [0.25, 0.3) is 0 Å². The number of aliphatic hydroxyl groups excluding tert-OH is 1. The van der Waals surface area contributed by atoms with Gasteiger partial charge in [0, 0.05) is 18.0 Å². The number of phenolic OH excluding ortho intramolecular Hbond substituents is 1. The first-order chi connectivity index (χ1) is 17.7. The summed E-state index contributed by atoms with van der Waals surface area (Å²) in [6.07, 6.45) is -1.64. The van der Waals surface area contributed by atoms with Crippen LogP contribution in [0.3, 0.4) is 0 Å². The maximum absolute atomic E-state index is 13.9. The molecule has 1 aromatic rings. The number of amides is 1. The lowest BCUT2D eigenvalue weighted by Gasteiger charge is -2.56. The second kappa shape index (κ2) is 9.64. The van der Waals surface area contributed by atoms with Crippen LogP contribution < -0.4 is 11.1 Å². The quantitative estimate of drug-likeness (QED) is 0.290. The standard InChI is InChI=1S/C27H35N3O8/c1-10(2)8-29-9-12-6-7-13-11(3)14-16(21(32)15(13)20(12)31)24(35)27(38)18(22(14)33)19(30(4)5)23(34)17(25(27)36)26(28)37/h6-7,10-11,14,16-19,22,29,31,33,38H,8-9H2,1-5H3,(H2,28,37)/t11-,14+,16?,17?,18+,19-,22-,27-/m1/s1. The summed E-state index contributed by atoms with van der Waals surface area (Å²) in [6.45, 7) is 6.66. The summed E-state index contributed by atoms with van der Waals surface area (Å²) in [7, 11) is 2.91. The molecule has 0 saturated heterocycles. The van der Waals surface area contributed by atoms with Gasteiger partial charge in [0.1, 0.15) is 5.75 Å². The molecule has 2 unspecified atom stereocenters. The van der Waals surface area contributed by atoms with Crippen molar-refractivity contribution in [3.63, 3.8) is 0 Å². The summed E-state index contributed by atoms with van der Waals surface area (Å²) >= 11 is 0. The van der Waals surface area contributed by atoms with Gasteiger partial charge in [-0.05, 0) is 38.0 Å². The van der Waals surface area contributed by atoms with Gasteiger partial charge < -0.3 is 26.4 Å². The van der Waals surface area contributed by atoms with E-state index in [4.69, 9.17) is 5.73 Å². The lowest BCUT2D eigenvalue weighted by atomic mass is 9.49. The first-order valence-electron chi connectivity index (χ1n) is 12.8. The van der Waals surface area contributed by atoms with Crippen LogP contribution >= 0.6 is 0 Å². The highest BCUT2D eigenvalue weighted by Crippen LogP contribution is 2.54. The average Bonchev–Trinajstić information content (AvgIpc) is 2.82. The number of hydrogen-bond donors (Lipinski definition) is 5. The van der Waals surface area contributed by atoms with E-state index in [1.165, 1.54) is 19.0 Å². The first-order valence-corrected chi connectivity index (χ1v) is 12.8. The molecular weight excluding hydrogens is 494 g/mol. The molecule has 4 rings (SSSR count). The number of nitrogens with zero attached hydrogens (tertiary/aromatic N) is 1. The Bertz CT molecular complexity index is 1230. The van der Waals surface area contributed by atoms with Gasteiger partial charge in [0.05, 0.1) is 29.5 Å². The van der Waals surface area contributed by atoms with E-state index in [2.05, 4.69) is 5.32 Å². The highest BCUT2D eigenvalue weighted by atomic mass is 16.3. The molecule has 8 atom stereocenters.